The van der Waals surface area contributed by atoms with Crippen LogP contribution in [0.3, 0.4) is 0 Å². The summed E-state index contributed by atoms with van der Waals surface area (Å²) in [6.07, 6.45) is 2.18. The number of nitrogens with one attached hydrogen (secondary N) is 2. The van der Waals surface area contributed by atoms with Gasteiger partial charge >= 0.3 is 0 Å². The molecular formula is C14H15N3O2S2. The van der Waals surface area contributed by atoms with Crippen molar-refractivity contribution in [2.45, 2.75) is 18.2 Å². The smallest absolute Gasteiger partial charge is 0.230 e. The summed E-state index contributed by atoms with van der Waals surface area (Å²) in [6, 6.07) is 7.65. The van der Waals surface area contributed by atoms with Gasteiger partial charge in [0.05, 0.1) is 12.1 Å². The van der Waals surface area contributed by atoms with Gasteiger partial charge < -0.3 is 10.6 Å². The van der Waals surface area contributed by atoms with E-state index in [1.54, 1.807) is 17.1 Å². The van der Waals surface area contributed by atoms with Crippen LogP contribution in [-0.4, -0.2) is 23.1 Å². The predicted octanol–water partition coefficient (Wildman–Crippen LogP) is 3.00. The van der Waals surface area contributed by atoms with Crippen LogP contribution in [0.15, 0.2) is 34.5 Å². The molecule has 1 aromatic carbocycles. The number of amides is 2. The van der Waals surface area contributed by atoms with Gasteiger partial charge in [-0.25, -0.2) is 4.98 Å². The molecule has 0 fully saturated rings. The summed E-state index contributed by atoms with van der Waals surface area (Å²) < 4.78 is 0. The molecule has 2 N–H and O–H groups in total. The van der Waals surface area contributed by atoms with Gasteiger partial charge in [-0.3, -0.25) is 9.59 Å². The molecule has 2 amide bonds. The quantitative estimate of drug-likeness (QED) is 0.831. The van der Waals surface area contributed by atoms with Crippen LogP contribution in [-0.2, 0) is 16.0 Å². The van der Waals surface area contributed by atoms with Crippen molar-refractivity contribution in [1.29, 1.82) is 0 Å². The summed E-state index contributed by atoms with van der Waals surface area (Å²) in [5, 5.41) is 7.69. The monoisotopic (exact) mass is 321 g/mol. The number of thiazole rings is 1. The molecule has 0 aliphatic carbocycles. The number of nitrogens with zero attached hydrogens (tertiary/aromatic N) is 1. The van der Waals surface area contributed by atoms with Gasteiger partial charge in [0.2, 0.25) is 11.8 Å². The highest BCUT2D eigenvalue weighted by molar-refractivity contribution is 7.98. The van der Waals surface area contributed by atoms with Gasteiger partial charge in [-0.05, 0) is 30.5 Å². The number of aromatic nitrogens is 1. The second-order valence-electron chi connectivity index (χ2n) is 4.28. The molecule has 1 heterocycles. The van der Waals surface area contributed by atoms with E-state index in [0.29, 0.717) is 10.8 Å². The Morgan fingerprint density at radius 2 is 1.95 bits per heavy atom. The average molecular weight is 321 g/mol. The van der Waals surface area contributed by atoms with Crippen molar-refractivity contribution in [1.82, 2.24) is 4.98 Å². The van der Waals surface area contributed by atoms with Crippen molar-refractivity contribution in [2.24, 2.45) is 0 Å². The normalized spacial score (nSPS) is 10.2. The molecule has 0 bridgehead atoms. The molecule has 0 aliphatic heterocycles. The molecule has 110 valence electrons. The van der Waals surface area contributed by atoms with Crippen LogP contribution >= 0.6 is 23.1 Å². The van der Waals surface area contributed by atoms with Crippen molar-refractivity contribution in [3.05, 3.63) is 35.3 Å². The molecule has 21 heavy (non-hydrogen) atoms. The average Bonchev–Trinajstić information content (AvgIpc) is 2.85. The fourth-order valence-electron chi connectivity index (χ4n) is 1.64. The van der Waals surface area contributed by atoms with E-state index in [9.17, 15) is 9.59 Å². The number of rotatable bonds is 5. The van der Waals surface area contributed by atoms with Gasteiger partial charge in [-0.1, -0.05) is 0 Å². The molecule has 1 aromatic heterocycles. The lowest BCUT2D eigenvalue weighted by Gasteiger charge is -2.04. The zero-order chi connectivity index (χ0) is 15.2. The molecule has 0 atom stereocenters. The number of thioether (sulfide) groups is 1. The van der Waals surface area contributed by atoms with E-state index >= 15 is 0 Å². The number of carbonyl (C=O) groups excluding carboxylic acids is 2. The van der Waals surface area contributed by atoms with Crippen molar-refractivity contribution < 1.29 is 9.59 Å². The van der Waals surface area contributed by atoms with Crippen LogP contribution in [0.2, 0.25) is 0 Å². The van der Waals surface area contributed by atoms with Crippen LogP contribution in [0.4, 0.5) is 10.8 Å². The first-order valence-electron chi connectivity index (χ1n) is 6.22. The van der Waals surface area contributed by atoms with Gasteiger partial charge in [0.15, 0.2) is 5.13 Å². The van der Waals surface area contributed by atoms with Crippen LogP contribution in [0.1, 0.15) is 12.6 Å². The highest BCUT2D eigenvalue weighted by Gasteiger charge is 2.09. The topological polar surface area (TPSA) is 71.1 Å². The van der Waals surface area contributed by atoms with E-state index in [4.69, 9.17) is 0 Å². The van der Waals surface area contributed by atoms with Gasteiger partial charge in [-0.2, -0.15) is 0 Å². The second-order valence-corrected chi connectivity index (χ2v) is 6.02. The molecule has 7 heteroatoms. The maximum absolute atomic E-state index is 11.9. The van der Waals surface area contributed by atoms with Gasteiger partial charge in [0.25, 0.3) is 0 Å². The third-order valence-corrected chi connectivity index (χ3v) is 4.10. The molecule has 2 aromatic rings. The zero-order valence-electron chi connectivity index (χ0n) is 11.7. The number of carbonyl (C=O) groups is 2. The van der Waals surface area contributed by atoms with Crippen LogP contribution in [0, 0.1) is 0 Å². The van der Waals surface area contributed by atoms with Gasteiger partial charge in [0, 0.05) is 22.9 Å². The van der Waals surface area contributed by atoms with Crippen LogP contribution in [0.5, 0.6) is 0 Å². The summed E-state index contributed by atoms with van der Waals surface area (Å²) in [6.45, 7) is 1.42. The summed E-state index contributed by atoms with van der Waals surface area (Å²) in [5.74, 6) is -0.305. The number of benzene rings is 1. The molecule has 5 nitrogen and oxygen atoms in total. The van der Waals surface area contributed by atoms with Gasteiger partial charge in [0.1, 0.15) is 0 Å². The maximum Gasteiger partial charge on any atom is 0.230 e. The predicted molar refractivity (Wildman–Crippen MR) is 87.0 cm³/mol. The Kier molecular flexibility index (Phi) is 5.35. The van der Waals surface area contributed by atoms with E-state index in [-0.39, 0.29) is 18.2 Å². The van der Waals surface area contributed by atoms with E-state index in [1.165, 1.54) is 18.3 Å². The van der Waals surface area contributed by atoms with Gasteiger partial charge in [-0.15, -0.1) is 23.1 Å². The fourth-order valence-corrected chi connectivity index (χ4v) is 2.80. The van der Waals surface area contributed by atoms with E-state index in [1.807, 2.05) is 30.5 Å². The van der Waals surface area contributed by atoms with Crippen molar-refractivity contribution in [3.63, 3.8) is 0 Å². The minimum absolute atomic E-state index is 0.133. The fraction of sp³-hybridized carbons (Fsp3) is 0.214. The number of hydrogen-bond donors (Lipinski definition) is 2. The largest absolute Gasteiger partial charge is 0.326 e. The summed E-state index contributed by atoms with van der Waals surface area (Å²) in [7, 11) is 0. The lowest BCUT2D eigenvalue weighted by molar-refractivity contribution is -0.116. The lowest BCUT2D eigenvalue weighted by Crippen LogP contribution is -2.14. The molecule has 0 radical (unpaired) electrons. The highest BCUT2D eigenvalue weighted by Crippen LogP contribution is 2.18. The number of anilines is 2. The molecule has 0 saturated heterocycles. The Morgan fingerprint density at radius 1 is 1.24 bits per heavy atom. The standard InChI is InChI=1S/C14H15N3O2S2/c1-9(18)15-14-17-11(8-21-14)7-13(19)16-10-3-5-12(20-2)6-4-10/h3-6,8H,7H2,1-2H3,(H,16,19)(H,15,17,18). The third-order valence-electron chi connectivity index (χ3n) is 2.55. The van der Waals surface area contributed by atoms with Crippen molar-refractivity contribution >= 4 is 45.7 Å². The first-order valence-corrected chi connectivity index (χ1v) is 8.33. The van der Waals surface area contributed by atoms with Crippen LogP contribution < -0.4 is 10.6 Å². The van der Waals surface area contributed by atoms with Crippen LogP contribution in [0.25, 0.3) is 0 Å². The van der Waals surface area contributed by atoms with E-state index < -0.39 is 0 Å². The van der Waals surface area contributed by atoms with Crippen molar-refractivity contribution in [2.75, 3.05) is 16.9 Å². The molecule has 0 aliphatic rings. The Labute approximate surface area is 131 Å². The van der Waals surface area contributed by atoms with E-state index in [0.717, 1.165) is 10.6 Å². The molecule has 2 rings (SSSR count). The third kappa shape index (κ3) is 4.87. The van der Waals surface area contributed by atoms with Crippen molar-refractivity contribution in [3.8, 4) is 0 Å². The zero-order valence-corrected chi connectivity index (χ0v) is 13.3. The summed E-state index contributed by atoms with van der Waals surface area (Å²) in [4.78, 5) is 28.2. The SMILES string of the molecule is CSc1ccc(NC(=O)Cc2csc(NC(C)=O)n2)cc1. The number of hydrogen-bond acceptors (Lipinski definition) is 5. The Bertz CT molecular complexity index is 638. The molecule has 0 spiro atoms. The Morgan fingerprint density at radius 3 is 2.57 bits per heavy atom. The maximum atomic E-state index is 11.9. The first kappa shape index (κ1) is 15.5. The molecule has 0 saturated carbocycles. The second kappa shape index (κ2) is 7.24. The molecular weight excluding hydrogens is 306 g/mol. The highest BCUT2D eigenvalue weighted by atomic mass is 32.2. The Balaban J connectivity index is 1.91. The molecule has 0 unspecified atom stereocenters. The first-order chi connectivity index (χ1) is 10.1. The Hall–Kier alpha value is -1.86. The minimum Gasteiger partial charge on any atom is -0.326 e. The van der Waals surface area contributed by atoms with E-state index in [2.05, 4.69) is 15.6 Å². The minimum atomic E-state index is -0.172. The lowest BCUT2D eigenvalue weighted by atomic mass is 10.3. The summed E-state index contributed by atoms with van der Waals surface area (Å²) >= 11 is 2.96. The summed E-state index contributed by atoms with van der Waals surface area (Å²) in [5.41, 5.74) is 1.40.